The molecule has 328 valence electrons. The summed E-state index contributed by atoms with van der Waals surface area (Å²) >= 11 is 0. The van der Waals surface area contributed by atoms with Crippen molar-refractivity contribution in [2.24, 2.45) is 10.8 Å². The van der Waals surface area contributed by atoms with Crippen LogP contribution < -0.4 is 117 Å². The number of esters is 1. The Hall–Kier alpha value is -3.98. The van der Waals surface area contributed by atoms with Crippen LogP contribution in [0.3, 0.4) is 0 Å². The molecular formula is C57H56K2O7. The second-order valence-electron chi connectivity index (χ2n) is 17.6. The Morgan fingerprint density at radius 2 is 0.788 bits per heavy atom. The van der Waals surface area contributed by atoms with Crippen LogP contribution in [0.2, 0.25) is 0 Å². The van der Waals surface area contributed by atoms with E-state index in [1.807, 2.05) is 175 Å². The van der Waals surface area contributed by atoms with Crippen LogP contribution in [0.1, 0.15) is 70.6 Å². The molecule has 0 heterocycles. The fraction of sp³-hybridized carbons (Fsp3) is 0.211. The third kappa shape index (κ3) is 12.4. The summed E-state index contributed by atoms with van der Waals surface area (Å²) in [6, 6.07) is 47.6. The van der Waals surface area contributed by atoms with Gasteiger partial charge < -0.3 is 20.7 Å². The van der Waals surface area contributed by atoms with Gasteiger partial charge in [0, 0.05) is 33.2 Å². The summed E-state index contributed by atoms with van der Waals surface area (Å²) in [5.41, 5.74) is 3.65. The number of hydrogen-bond acceptors (Lipinski definition) is 7. The molecule has 0 aliphatic rings. The number of benzene rings is 8. The Morgan fingerprint density at radius 1 is 0.470 bits per heavy atom. The molecular weight excluding hydrogens is 875 g/mol. The zero-order valence-electron chi connectivity index (χ0n) is 41.3. The van der Waals surface area contributed by atoms with Gasteiger partial charge in [0.2, 0.25) is 0 Å². The van der Waals surface area contributed by atoms with Crippen molar-refractivity contribution >= 4 is 60.6 Å². The minimum absolute atomic E-state index is 0. The molecule has 0 saturated carbocycles. The maximum atomic E-state index is 13.4. The van der Waals surface area contributed by atoms with Crippen molar-refractivity contribution in [3.8, 4) is 33.8 Å². The summed E-state index contributed by atoms with van der Waals surface area (Å²) in [6.45, 7) is 12.8. The molecule has 0 aliphatic carbocycles. The van der Waals surface area contributed by atoms with Crippen LogP contribution in [0.25, 0.3) is 65.3 Å². The first-order valence-electron chi connectivity index (χ1n) is 21.2. The average molecular weight is 931 g/mol. The first kappa shape index (κ1) is 54.6. The molecule has 0 amide bonds. The molecule has 0 atom stereocenters. The van der Waals surface area contributed by atoms with E-state index in [9.17, 15) is 19.5 Å². The SMILES string of the molecule is CC(=O)C(C)(C)C.COC(=O)c1ccc2ccccc2c1-c1c(OC)ccc2ccccc12.COc1ccc2ccccc2c1-c1c(C(=O)/C=C(\[O-])C(C)(C)C)ccc2ccccc12.[H-].[K+].[K+]. The topological polar surface area (TPSA) is 102 Å². The number of methoxy groups -OCH3 is 3. The molecule has 0 aromatic heterocycles. The number of carbonyl (C=O) groups is 3. The molecule has 0 bridgehead atoms. The molecule has 8 rings (SSSR count). The van der Waals surface area contributed by atoms with Crippen LogP contribution in [-0.2, 0) is 9.53 Å². The van der Waals surface area contributed by atoms with Crippen molar-refractivity contribution in [1.82, 2.24) is 0 Å². The zero-order chi connectivity index (χ0) is 46.3. The molecule has 8 aromatic rings. The molecule has 0 unspecified atom stereocenters. The van der Waals surface area contributed by atoms with Gasteiger partial charge in [0.25, 0.3) is 0 Å². The van der Waals surface area contributed by atoms with Crippen LogP contribution in [0.15, 0.2) is 157 Å². The summed E-state index contributed by atoms with van der Waals surface area (Å²) in [4.78, 5) is 36.3. The van der Waals surface area contributed by atoms with Crippen LogP contribution >= 0.6 is 0 Å². The normalized spacial score (nSPS) is 11.3. The minimum Gasteiger partial charge on any atom is -1.00 e. The first-order chi connectivity index (χ1) is 30.5. The largest absolute Gasteiger partial charge is 1.00 e. The van der Waals surface area contributed by atoms with E-state index in [4.69, 9.17) is 14.2 Å². The van der Waals surface area contributed by atoms with Crippen molar-refractivity contribution < 1.29 is 138 Å². The summed E-state index contributed by atoms with van der Waals surface area (Å²) in [5, 5.41) is 20.8. The van der Waals surface area contributed by atoms with Gasteiger partial charge in [-0.15, -0.1) is 5.76 Å². The van der Waals surface area contributed by atoms with E-state index in [0.29, 0.717) is 16.9 Å². The van der Waals surface area contributed by atoms with E-state index in [-0.39, 0.29) is 133 Å². The molecule has 0 aliphatic heterocycles. The second-order valence-corrected chi connectivity index (χ2v) is 17.6. The summed E-state index contributed by atoms with van der Waals surface area (Å²) < 4.78 is 16.5. The molecule has 66 heavy (non-hydrogen) atoms. The number of ether oxygens (including phenoxy) is 3. The van der Waals surface area contributed by atoms with Crippen molar-refractivity contribution in [2.75, 3.05) is 21.3 Å². The van der Waals surface area contributed by atoms with E-state index < -0.39 is 5.41 Å². The zero-order valence-corrected chi connectivity index (χ0v) is 46.5. The molecule has 7 nitrogen and oxygen atoms in total. The van der Waals surface area contributed by atoms with Gasteiger partial charge in [-0.25, -0.2) is 4.79 Å². The van der Waals surface area contributed by atoms with Gasteiger partial charge in [-0.2, -0.15) is 0 Å². The molecule has 9 heteroatoms. The van der Waals surface area contributed by atoms with Crippen molar-refractivity contribution in [3.05, 3.63) is 169 Å². The van der Waals surface area contributed by atoms with Gasteiger partial charge in [0.05, 0.1) is 26.9 Å². The molecule has 8 aromatic carbocycles. The van der Waals surface area contributed by atoms with Crippen molar-refractivity contribution in [1.29, 1.82) is 0 Å². The molecule has 0 radical (unpaired) electrons. The van der Waals surface area contributed by atoms with Crippen molar-refractivity contribution in [3.63, 3.8) is 0 Å². The van der Waals surface area contributed by atoms with E-state index in [1.165, 1.54) is 13.2 Å². The van der Waals surface area contributed by atoms with E-state index >= 15 is 0 Å². The standard InChI is InChI=1S/C28H26O3.C23H18O3.C6H12O.2K.H/c1-28(2,3)25(30)17-23(29)22-15-13-18-9-5-7-11-20(18)26(22)27-21-12-8-6-10-19(21)14-16-24(27)31-4;1-25-20-14-12-16-8-4-6-10-18(16)22(20)21-17-9-5-3-7-15(17)11-13-19(21)23(24)26-2;1-5(7)6(2,3)4;;;/h5-17,30H,1-4H3;3-14H,1-2H3;1-4H3;;;/q;;;2*+1;-1/p-1/b25-17-;;;;;. The number of hydrogen-bond donors (Lipinski definition) is 0. The number of allylic oxidation sites excluding steroid dienone is 2. The molecule has 0 spiro atoms. The predicted octanol–water partition coefficient (Wildman–Crippen LogP) is 7.34. The third-order valence-corrected chi connectivity index (χ3v) is 11.3. The van der Waals surface area contributed by atoms with Crippen molar-refractivity contribution in [2.45, 2.75) is 48.5 Å². The number of fused-ring (bicyclic) bond motifs is 4. The molecule has 0 N–H and O–H groups in total. The van der Waals surface area contributed by atoms with Crippen LogP contribution in [-0.4, -0.2) is 38.9 Å². The quantitative estimate of drug-likeness (QED) is 0.0543. The fourth-order valence-electron chi connectivity index (χ4n) is 7.34. The molecule has 0 saturated heterocycles. The Morgan fingerprint density at radius 3 is 1.12 bits per heavy atom. The summed E-state index contributed by atoms with van der Waals surface area (Å²) in [7, 11) is 4.69. The number of carbonyl (C=O) groups excluding carboxylic acids is 3. The van der Waals surface area contributed by atoms with Gasteiger partial charge in [0.15, 0.2) is 5.78 Å². The summed E-state index contributed by atoms with van der Waals surface area (Å²) in [5.74, 6) is 0.807. The third-order valence-electron chi connectivity index (χ3n) is 11.3. The minimum atomic E-state index is -0.621. The Balaban J connectivity index is 0.000000302. The smallest absolute Gasteiger partial charge is 1.00 e. The Labute approximate surface area is 475 Å². The molecule has 0 fully saturated rings. The predicted molar refractivity (Wildman–Crippen MR) is 261 cm³/mol. The van der Waals surface area contributed by atoms with Gasteiger partial charge >= 0.3 is 109 Å². The van der Waals surface area contributed by atoms with Crippen LogP contribution in [0, 0.1) is 10.8 Å². The maximum Gasteiger partial charge on any atom is 1.00 e. The number of Topliss-reactive ketones (excluding diaryl/α,β-unsaturated/α-hetero) is 1. The Kier molecular flexibility index (Phi) is 19.7. The second kappa shape index (κ2) is 23.8. The van der Waals surface area contributed by atoms with Crippen LogP contribution in [0.4, 0.5) is 0 Å². The van der Waals surface area contributed by atoms with Crippen LogP contribution in [0.5, 0.6) is 11.5 Å². The monoisotopic (exact) mass is 930 g/mol. The van der Waals surface area contributed by atoms with E-state index in [1.54, 1.807) is 21.1 Å². The average Bonchev–Trinajstić information content (AvgIpc) is 3.29. The van der Waals surface area contributed by atoms with Gasteiger partial charge in [-0.1, -0.05) is 163 Å². The van der Waals surface area contributed by atoms with Gasteiger partial charge in [-0.3, -0.25) is 9.59 Å². The first-order valence-corrected chi connectivity index (χ1v) is 21.2. The number of rotatable bonds is 7. The summed E-state index contributed by atoms with van der Waals surface area (Å²) in [6.07, 6.45) is 1.23. The van der Waals surface area contributed by atoms with Gasteiger partial charge in [-0.05, 0) is 85.8 Å². The number of ketones is 2. The Bertz CT molecular complexity index is 3070. The van der Waals surface area contributed by atoms with E-state index in [0.717, 1.165) is 71.1 Å². The fourth-order valence-corrected chi connectivity index (χ4v) is 7.34. The van der Waals surface area contributed by atoms with Gasteiger partial charge in [0.1, 0.15) is 17.3 Å². The van der Waals surface area contributed by atoms with E-state index in [2.05, 4.69) is 12.1 Å². The maximum absolute atomic E-state index is 13.4.